The van der Waals surface area contributed by atoms with E-state index >= 15 is 0 Å². The topological polar surface area (TPSA) is 83.7 Å². The highest BCUT2D eigenvalue weighted by Crippen LogP contribution is 2.43. The molecule has 6 nitrogen and oxygen atoms in total. The van der Waals surface area contributed by atoms with Gasteiger partial charge in [-0.25, -0.2) is 0 Å². The summed E-state index contributed by atoms with van der Waals surface area (Å²) >= 11 is 0. The smallest absolute Gasteiger partial charge is 0.269 e. The number of anilines is 1. The van der Waals surface area contributed by atoms with Crippen LogP contribution >= 0.6 is 0 Å². The fourth-order valence-corrected chi connectivity index (χ4v) is 2.66. The maximum Gasteiger partial charge on any atom is 0.269 e. The van der Waals surface area contributed by atoms with Gasteiger partial charge in [-0.05, 0) is 6.07 Å². The molecule has 2 aromatic carbocycles. The number of hydrogen-bond acceptors (Lipinski definition) is 4. The Balaban J connectivity index is 2.23. The van der Waals surface area contributed by atoms with E-state index in [1.807, 2.05) is 0 Å². The number of carbonyl (C=O) groups is 1. The molecule has 1 aliphatic heterocycles. The standard InChI is InChI=1S/C15H12N2O4/c1-16-13-8-3-2-7-12(13)15(19,14(16)18)10-5-4-6-11(9-10)17(20)21/h2-9,19H,1H3. The van der Waals surface area contributed by atoms with E-state index in [-0.39, 0.29) is 11.3 Å². The highest BCUT2D eigenvalue weighted by Gasteiger charge is 2.50. The Morgan fingerprint density at radius 1 is 1.19 bits per heavy atom. The molecule has 1 amide bonds. The van der Waals surface area contributed by atoms with E-state index in [2.05, 4.69) is 0 Å². The van der Waals surface area contributed by atoms with Crippen molar-refractivity contribution in [1.29, 1.82) is 0 Å². The first kappa shape index (κ1) is 13.3. The predicted molar refractivity (Wildman–Crippen MR) is 75.9 cm³/mol. The zero-order valence-corrected chi connectivity index (χ0v) is 11.2. The molecule has 1 atom stereocenters. The van der Waals surface area contributed by atoms with Crippen LogP contribution in [-0.4, -0.2) is 23.0 Å². The van der Waals surface area contributed by atoms with Crippen LogP contribution in [0.2, 0.25) is 0 Å². The molecule has 106 valence electrons. The largest absolute Gasteiger partial charge is 0.372 e. The molecule has 1 heterocycles. The van der Waals surface area contributed by atoms with E-state index in [0.29, 0.717) is 11.3 Å². The van der Waals surface area contributed by atoms with Gasteiger partial charge in [-0.15, -0.1) is 0 Å². The van der Waals surface area contributed by atoms with Crippen molar-refractivity contribution in [3.8, 4) is 0 Å². The molecule has 0 bridgehead atoms. The van der Waals surface area contributed by atoms with E-state index in [0.717, 1.165) is 0 Å². The highest BCUT2D eigenvalue weighted by atomic mass is 16.6. The number of carbonyl (C=O) groups excluding carboxylic acids is 1. The average Bonchev–Trinajstić information content (AvgIpc) is 2.71. The zero-order valence-electron chi connectivity index (χ0n) is 11.2. The molecule has 0 saturated carbocycles. The van der Waals surface area contributed by atoms with Gasteiger partial charge in [0, 0.05) is 30.3 Å². The molecule has 1 unspecified atom stereocenters. The number of benzene rings is 2. The Kier molecular flexibility index (Phi) is 2.77. The van der Waals surface area contributed by atoms with Crippen LogP contribution in [0, 0.1) is 10.1 Å². The molecular weight excluding hydrogens is 272 g/mol. The third kappa shape index (κ3) is 1.73. The van der Waals surface area contributed by atoms with Crippen LogP contribution in [0.4, 0.5) is 11.4 Å². The Morgan fingerprint density at radius 2 is 1.90 bits per heavy atom. The van der Waals surface area contributed by atoms with Crippen LogP contribution in [0.3, 0.4) is 0 Å². The maximum atomic E-state index is 12.5. The fourth-order valence-electron chi connectivity index (χ4n) is 2.66. The normalized spacial score (nSPS) is 20.5. The van der Waals surface area contributed by atoms with E-state index in [1.54, 1.807) is 31.3 Å². The third-order valence-electron chi connectivity index (χ3n) is 3.74. The van der Waals surface area contributed by atoms with Gasteiger partial charge >= 0.3 is 0 Å². The number of amides is 1. The number of non-ortho nitro benzene ring substituents is 1. The molecule has 0 spiro atoms. The van der Waals surface area contributed by atoms with Crippen LogP contribution in [-0.2, 0) is 10.4 Å². The number of likely N-dealkylation sites (N-methyl/N-ethyl adjacent to an activating group) is 1. The number of fused-ring (bicyclic) bond motifs is 1. The molecule has 1 N–H and O–H groups in total. The van der Waals surface area contributed by atoms with Crippen molar-refractivity contribution >= 4 is 17.3 Å². The van der Waals surface area contributed by atoms with Crippen LogP contribution < -0.4 is 4.90 Å². The number of nitro benzene ring substituents is 1. The molecular formula is C15H12N2O4. The Labute approximate surface area is 120 Å². The predicted octanol–water partition coefficient (Wildman–Crippen LogP) is 1.81. The van der Waals surface area contributed by atoms with E-state index < -0.39 is 16.4 Å². The first-order chi connectivity index (χ1) is 9.96. The van der Waals surface area contributed by atoms with E-state index in [1.165, 1.54) is 29.2 Å². The lowest BCUT2D eigenvalue weighted by molar-refractivity contribution is -0.385. The van der Waals surface area contributed by atoms with Gasteiger partial charge in [0.2, 0.25) is 0 Å². The number of nitrogens with zero attached hydrogens (tertiary/aromatic N) is 2. The molecule has 0 aliphatic carbocycles. The van der Waals surface area contributed by atoms with Crippen LogP contribution in [0.25, 0.3) is 0 Å². The van der Waals surface area contributed by atoms with E-state index in [9.17, 15) is 20.0 Å². The number of para-hydroxylation sites is 1. The van der Waals surface area contributed by atoms with Gasteiger partial charge in [0.05, 0.1) is 10.6 Å². The zero-order chi connectivity index (χ0) is 15.2. The first-order valence-corrected chi connectivity index (χ1v) is 6.31. The average molecular weight is 284 g/mol. The summed E-state index contributed by atoms with van der Waals surface area (Å²) < 4.78 is 0. The van der Waals surface area contributed by atoms with Gasteiger partial charge in [-0.3, -0.25) is 14.9 Å². The second-order valence-corrected chi connectivity index (χ2v) is 4.90. The van der Waals surface area contributed by atoms with Crippen molar-refractivity contribution in [2.45, 2.75) is 5.60 Å². The molecule has 6 heteroatoms. The van der Waals surface area contributed by atoms with Crippen molar-refractivity contribution in [1.82, 2.24) is 0 Å². The van der Waals surface area contributed by atoms with Crippen LogP contribution in [0.15, 0.2) is 48.5 Å². The summed E-state index contributed by atoms with van der Waals surface area (Å²) in [6.45, 7) is 0. The first-order valence-electron chi connectivity index (χ1n) is 6.31. The van der Waals surface area contributed by atoms with Crippen LogP contribution in [0.1, 0.15) is 11.1 Å². The summed E-state index contributed by atoms with van der Waals surface area (Å²) in [6.07, 6.45) is 0. The van der Waals surface area contributed by atoms with Gasteiger partial charge in [-0.2, -0.15) is 0 Å². The number of rotatable bonds is 2. The summed E-state index contributed by atoms with van der Waals surface area (Å²) in [5, 5.41) is 21.8. The lowest BCUT2D eigenvalue weighted by Gasteiger charge is -2.22. The van der Waals surface area contributed by atoms with Crippen molar-refractivity contribution in [2.75, 3.05) is 11.9 Å². The molecule has 0 radical (unpaired) electrons. The summed E-state index contributed by atoms with van der Waals surface area (Å²) in [4.78, 5) is 24.2. The second-order valence-electron chi connectivity index (χ2n) is 4.90. The Morgan fingerprint density at radius 3 is 2.62 bits per heavy atom. The SMILES string of the molecule is CN1C(=O)C(O)(c2cccc([N+](=O)[O-])c2)c2ccccc21. The van der Waals surface area contributed by atoms with Gasteiger partial charge in [0.1, 0.15) is 0 Å². The molecule has 21 heavy (non-hydrogen) atoms. The van der Waals surface area contributed by atoms with Gasteiger partial charge < -0.3 is 10.0 Å². The van der Waals surface area contributed by atoms with Crippen molar-refractivity contribution in [3.05, 3.63) is 69.8 Å². The summed E-state index contributed by atoms with van der Waals surface area (Å²) in [7, 11) is 1.57. The lowest BCUT2D eigenvalue weighted by Crippen LogP contribution is -2.39. The summed E-state index contributed by atoms with van der Waals surface area (Å²) in [5.41, 5.74) is -0.842. The molecule has 3 rings (SSSR count). The minimum absolute atomic E-state index is 0.166. The molecule has 2 aromatic rings. The van der Waals surface area contributed by atoms with Crippen molar-refractivity contribution in [3.63, 3.8) is 0 Å². The monoisotopic (exact) mass is 284 g/mol. The third-order valence-corrected chi connectivity index (χ3v) is 3.74. The fraction of sp³-hybridized carbons (Fsp3) is 0.133. The number of hydrogen-bond donors (Lipinski definition) is 1. The van der Waals surface area contributed by atoms with Crippen LogP contribution in [0.5, 0.6) is 0 Å². The minimum Gasteiger partial charge on any atom is -0.372 e. The maximum absolute atomic E-state index is 12.5. The Bertz CT molecular complexity index is 759. The quantitative estimate of drug-likeness (QED) is 0.673. The molecule has 0 fully saturated rings. The minimum atomic E-state index is -1.89. The van der Waals surface area contributed by atoms with Gasteiger partial charge in [0.25, 0.3) is 11.6 Å². The number of nitro groups is 1. The lowest BCUT2D eigenvalue weighted by atomic mass is 9.87. The Hall–Kier alpha value is -2.73. The number of aliphatic hydroxyl groups is 1. The summed E-state index contributed by atoms with van der Waals surface area (Å²) in [6, 6.07) is 12.4. The molecule has 0 saturated heterocycles. The van der Waals surface area contributed by atoms with E-state index in [4.69, 9.17) is 0 Å². The highest BCUT2D eigenvalue weighted by molar-refractivity contribution is 6.08. The van der Waals surface area contributed by atoms with Gasteiger partial charge in [0.15, 0.2) is 5.60 Å². The van der Waals surface area contributed by atoms with Crippen molar-refractivity contribution in [2.24, 2.45) is 0 Å². The van der Waals surface area contributed by atoms with Crippen molar-refractivity contribution < 1.29 is 14.8 Å². The van der Waals surface area contributed by atoms with Gasteiger partial charge in [-0.1, -0.05) is 30.3 Å². The summed E-state index contributed by atoms with van der Waals surface area (Å²) in [5.74, 6) is -0.524. The second kappa shape index (κ2) is 4.39. The molecule has 1 aliphatic rings. The molecule has 0 aromatic heterocycles.